The maximum atomic E-state index is 13.2. The molecule has 0 heterocycles. The number of unbranched alkanes of at least 4 members (excludes halogenated alkanes) is 1. The van der Waals surface area contributed by atoms with Crippen LogP contribution in [0.5, 0.6) is 0 Å². The molecule has 0 saturated carbocycles. The number of hydrogen-bond donors (Lipinski definition) is 1. The topological polar surface area (TPSA) is 49.4 Å². The smallest absolute Gasteiger partial charge is 0.242 e. The molecule has 1 N–H and O–H groups in total. The summed E-state index contributed by atoms with van der Waals surface area (Å²) < 4.78 is 0. The summed E-state index contributed by atoms with van der Waals surface area (Å²) in [4.78, 5) is 27.8. The van der Waals surface area contributed by atoms with Crippen molar-refractivity contribution in [2.75, 3.05) is 12.3 Å². The Balaban J connectivity index is 2.11. The maximum absolute atomic E-state index is 13.2. The Labute approximate surface area is 195 Å². The van der Waals surface area contributed by atoms with Gasteiger partial charge >= 0.3 is 0 Å². The molecule has 31 heavy (non-hydrogen) atoms. The van der Waals surface area contributed by atoms with Crippen LogP contribution in [0.1, 0.15) is 49.8 Å². The highest BCUT2D eigenvalue weighted by atomic mass is 35.5. The van der Waals surface area contributed by atoms with Gasteiger partial charge in [-0.15, -0.1) is 11.8 Å². The Bertz CT molecular complexity index is 859. The minimum atomic E-state index is -0.481. The molecular formula is C25H33ClN2O2S. The van der Waals surface area contributed by atoms with Crippen molar-refractivity contribution < 1.29 is 9.59 Å². The number of thioether (sulfide) groups is 1. The number of rotatable bonds is 12. The quantitative estimate of drug-likeness (QED) is 0.419. The van der Waals surface area contributed by atoms with Gasteiger partial charge in [-0.05, 0) is 37.0 Å². The number of nitrogens with zero attached hydrogens (tertiary/aromatic N) is 1. The van der Waals surface area contributed by atoms with E-state index in [1.807, 2.05) is 56.3 Å². The number of carbonyl (C=O) groups excluding carboxylic acids is 2. The third-order valence-corrected chi connectivity index (χ3v) is 6.43. The van der Waals surface area contributed by atoms with Gasteiger partial charge in [0.25, 0.3) is 0 Å². The first-order valence-electron chi connectivity index (χ1n) is 10.9. The number of carbonyl (C=O) groups is 2. The normalized spacial score (nSPS) is 11.7. The fourth-order valence-corrected chi connectivity index (χ4v) is 4.58. The van der Waals surface area contributed by atoms with E-state index in [4.69, 9.17) is 11.6 Å². The van der Waals surface area contributed by atoms with Gasteiger partial charge in [-0.3, -0.25) is 9.59 Å². The number of halogens is 1. The highest BCUT2D eigenvalue weighted by molar-refractivity contribution is 7.99. The molecule has 2 rings (SSSR count). The molecule has 0 bridgehead atoms. The molecule has 2 aromatic rings. The second-order valence-electron chi connectivity index (χ2n) is 7.66. The molecule has 0 radical (unpaired) electrons. The Kier molecular flexibility index (Phi) is 11.0. The van der Waals surface area contributed by atoms with E-state index in [0.29, 0.717) is 36.0 Å². The van der Waals surface area contributed by atoms with Gasteiger partial charge < -0.3 is 10.2 Å². The summed E-state index contributed by atoms with van der Waals surface area (Å²) in [5.74, 6) is 0.850. The molecule has 0 aliphatic carbocycles. The molecule has 0 unspecified atom stereocenters. The molecule has 1 atom stereocenters. The van der Waals surface area contributed by atoms with Gasteiger partial charge in [-0.25, -0.2) is 0 Å². The molecular weight excluding hydrogens is 428 g/mol. The van der Waals surface area contributed by atoms with Crippen LogP contribution in [-0.2, 0) is 21.9 Å². The van der Waals surface area contributed by atoms with Crippen molar-refractivity contribution in [3.8, 4) is 0 Å². The van der Waals surface area contributed by atoms with E-state index in [1.165, 1.54) is 11.8 Å². The number of amides is 2. The molecule has 0 spiro atoms. The van der Waals surface area contributed by atoms with Crippen LogP contribution in [0.3, 0.4) is 0 Å². The summed E-state index contributed by atoms with van der Waals surface area (Å²) in [6.07, 6.45) is 2.52. The highest BCUT2D eigenvalue weighted by Gasteiger charge is 2.28. The van der Waals surface area contributed by atoms with Gasteiger partial charge in [0, 0.05) is 23.9 Å². The summed E-state index contributed by atoms with van der Waals surface area (Å²) in [5.41, 5.74) is 3.18. The maximum Gasteiger partial charge on any atom is 0.242 e. The summed E-state index contributed by atoms with van der Waals surface area (Å²) in [7, 11) is 0. The first kappa shape index (κ1) is 25.3. The van der Waals surface area contributed by atoms with Crippen LogP contribution in [-0.4, -0.2) is 35.1 Å². The van der Waals surface area contributed by atoms with Crippen LogP contribution in [0.4, 0.5) is 0 Å². The summed E-state index contributed by atoms with van der Waals surface area (Å²) in [6, 6.07) is 15.3. The minimum Gasteiger partial charge on any atom is -0.354 e. The molecule has 0 aliphatic heterocycles. The number of hydrogen-bond acceptors (Lipinski definition) is 3. The first-order valence-corrected chi connectivity index (χ1v) is 12.4. The van der Waals surface area contributed by atoms with Crippen molar-refractivity contribution in [1.82, 2.24) is 10.2 Å². The van der Waals surface area contributed by atoms with Gasteiger partial charge in [0.1, 0.15) is 6.04 Å². The second kappa shape index (κ2) is 13.4. The van der Waals surface area contributed by atoms with Gasteiger partial charge in [-0.2, -0.15) is 0 Å². The van der Waals surface area contributed by atoms with Gasteiger partial charge in [0.05, 0.1) is 5.75 Å². The summed E-state index contributed by atoms with van der Waals surface area (Å²) in [5, 5.41) is 3.71. The van der Waals surface area contributed by atoms with E-state index in [1.54, 1.807) is 4.90 Å². The molecule has 0 aromatic heterocycles. The number of aryl methyl sites for hydroxylation is 1. The van der Waals surface area contributed by atoms with E-state index < -0.39 is 6.04 Å². The van der Waals surface area contributed by atoms with Crippen molar-refractivity contribution >= 4 is 35.2 Å². The zero-order chi connectivity index (χ0) is 22.6. The molecule has 4 nitrogen and oxygen atoms in total. The van der Waals surface area contributed by atoms with Crippen LogP contribution < -0.4 is 5.32 Å². The van der Waals surface area contributed by atoms with Crippen molar-refractivity contribution in [1.29, 1.82) is 0 Å². The second-order valence-corrected chi connectivity index (χ2v) is 9.06. The fraction of sp³-hybridized carbons (Fsp3) is 0.440. The first-order chi connectivity index (χ1) is 15.0. The summed E-state index contributed by atoms with van der Waals surface area (Å²) >= 11 is 7.76. The molecule has 0 saturated heterocycles. The lowest BCUT2D eigenvalue weighted by Gasteiger charge is -2.30. The lowest BCUT2D eigenvalue weighted by atomic mass is 10.1. The van der Waals surface area contributed by atoms with Crippen molar-refractivity contribution in [2.24, 2.45) is 0 Å². The third kappa shape index (κ3) is 8.23. The number of nitrogens with one attached hydrogen (secondary N) is 1. The molecule has 2 amide bonds. The number of benzene rings is 2. The van der Waals surface area contributed by atoms with E-state index in [-0.39, 0.29) is 11.8 Å². The van der Waals surface area contributed by atoms with Crippen LogP contribution in [0.15, 0.2) is 48.5 Å². The van der Waals surface area contributed by atoms with Crippen LogP contribution in [0.25, 0.3) is 0 Å². The predicted octanol–water partition coefficient (Wildman–Crippen LogP) is 5.61. The van der Waals surface area contributed by atoms with E-state index in [9.17, 15) is 9.59 Å². The van der Waals surface area contributed by atoms with E-state index in [0.717, 1.165) is 29.5 Å². The van der Waals surface area contributed by atoms with E-state index >= 15 is 0 Å². The minimum absolute atomic E-state index is 0.0314. The monoisotopic (exact) mass is 460 g/mol. The van der Waals surface area contributed by atoms with Gasteiger partial charge in [0.15, 0.2) is 0 Å². The zero-order valence-corrected chi connectivity index (χ0v) is 20.3. The lowest BCUT2D eigenvalue weighted by Crippen LogP contribution is -2.49. The average Bonchev–Trinajstić information content (AvgIpc) is 2.75. The Morgan fingerprint density at radius 3 is 2.58 bits per heavy atom. The molecule has 168 valence electrons. The van der Waals surface area contributed by atoms with Crippen molar-refractivity contribution in [3.05, 3.63) is 70.2 Å². The molecule has 6 heteroatoms. The SMILES string of the molecule is CCCCNC(=O)[C@H](CC)N(Cc1cccc(C)c1)C(=O)CSCc1ccccc1Cl. The van der Waals surface area contributed by atoms with Crippen LogP contribution in [0, 0.1) is 6.92 Å². The average molecular weight is 461 g/mol. The van der Waals surface area contributed by atoms with E-state index in [2.05, 4.69) is 18.3 Å². The third-order valence-electron chi connectivity index (χ3n) is 5.09. The lowest BCUT2D eigenvalue weighted by molar-refractivity contribution is -0.139. The molecule has 0 aliphatic rings. The predicted molar refractivity (Wildman–Crippen MR) is 131 cm³/mol. The van der Waals surface area contributed by atoms with Crippen LogP contribution >= 0.6 is 23.4 Å². The van der Waals surface area contributed by atoms with Gasteiger partial charge in [-0.1, -0.05) is 79.9 Å². The van der Waals surface area contributed by atoms with Crippen molar-refractivity contribution in [3.63, 3.8) is 0 Å². The Hall–Kier alpha value is -1.98. The standard InChI is InChI=1S/C25H33ClN2O2S/c1-4-6-14-27-25(30)23(5-2)28(16-20-11-9-10-19(3)15-20)24(29)18-31-17-21-12-7-8-13-22(21)26/h7-13,15,23H,4-6,14,16-18H2,1-3H3,(H,27,30)/t23-/m0/s1. The zero-order valence-electron chi connectivity index (χ0n) is 18.7. The molecule has 2 aromatic carbocycles. The Morgan fingerprint density at radius 1 is 1.13 bits per heavy atom. The molecule has 0 fully saturated rings. The Morgan fingerprint density at radius 2 is 1.90 bits per heavy atom. The van der Waals surface area contributed by atoms with Gasteiger partial charge in [0.2, 0.25) is 11.8 Å². The highest BCUT2D eigenvalue weighted by Crippen LogP contribution is 2.22. The van der Waals surface area contributed by atoms with Crippen LogP contribution in [0.2, 0.25) is 5.02 Å². The fourth-order valence-electron chi connectivity index (χ4n) is 3.38. The van der Waals surface area contributed by atoms with Crippen molar-refractivity contribution in [2.45, 2.75) is 58.4 Å². The summed E-state index contributed by atoms with van der Waals surface area (Å²) in [6.45, 7) is 7.14. The largest absolute Gasteiger partial charge is 0.354 e.